The van der Waals surface area contributed by atoms with Crippen molar-refractivity contribution in [2.24, 2.45) is 0 Å². The Morgan fingerprint density at radius 1 is 1.43 bits per heavy atom. The summed E-state index contributed by atoms with van der Waals surface area (Å²) in [5, 5.41) is 5.16. The number of hydrogen-bond acceptors (Lipinski definition) is 6. The van der Waals surface area contributed by atoms with Crippen LogP contribution in [0, 0.1) is 0 Å². The SMILES string of the molecule is O=C(Nc1nc(-c2ccc3oc(=O)[nH]c3c2)cs1)C1CCCO1. The molecule has 4 rings (SSSR count). The van der Waals surface area contributed by atoms with Crippen LogP contribution < -0.4 is 11.1 Å². The van der Waals surface area contributed by atoms with Gasteiger partial charge in [-0.1, -0.05) is 0 Å². The predicted octanol–water partition coefficient (Wildman–Crippen LogP) is 2.36. The first-order valence-corrected chi connectivity index (χ1v) is 8.08. The third-order valence-corrected chi connectivity index (χ3v) is 4.43. The van der Waals surface area contributed by atoms with E-state index in [1.165, 1.54) is 11.3 Å². The van der Waals surface area contributed by atoms with Crippen molar-refractivity contribution in [3.63, 3.8) is 0 Å². The topological polar surface area (TPSA) is 97.2 Å². The van der Waals surface area contributed by atoms with Crippen molar-refractivity contribution in [3.05, 3.63) is 34.1 Å². The highest BCUT2D eigenvalue weighted by Gasteiger charge is 2.24. The Hall–Kier alpha value is -2.45. The number of fused-ring (bicyclic) bond motifs is 1. The van der Waals surface area contributed by atoms with Crippen LogP contribution in [0.15, 0.2) is 32.8 Å². The van der Waals surface area contributed by atoms with Crippen molar-refractivity contribution in [3.8, 4) is 11.3 Å². The maximum absolute atomic E-state index is 12.0. The number of anilines is 1. The number of carbonyl (C=O) groups excluding carboxylic acids is 1. The number of aromatic nitrogens is 2. The summed E-state index contributed by atoms with van der Waals surface area (Å²) >= 11 is 1.35. The van der Waals surface area contributed by atoms with Crippen LogP contribution in [0.25, 0.3) is 22.4 Å². The Kier molecular flexibility index (Phi) is 3.47. The number of H-pyrrole nitrogens is 1. The molecule has 2 aromatic heterocycles. The van der Waals surface area contributed by atoms with Crippen LogP contribution in [-0.4, -0.2) is 28.6 Å². The van der Waals surface area contributed by atoms with Crippen molar-refractivity contribution in [2.45, 2.75) is 18.9 Å². The summed E-state index contributed by atoms with van der Waals surface area (Å²) in [5.74, 6) is -0.641. The Bertz CT molecular complexity index is 920. The highest BCUT2D eigenvalue weighted by Crippen LogP contribution is 2.27. The molecule has 1 unspecified atom stereocenters. The van der Waals surface area contributed by atoms with Gasteiger partial charge in [0, 0.05) is 17.6 Å². The highest BCUT2D eigenvalue weighted by molar-refractivity contribution is 7.14. The Labute approximate surface area is 134 Å². The van der Waals surface area contributed by atoms with E-state index in [1.807, 2.05) is 11.4 Å². The van der Waals surface area contributed by atoms with Crippen molar-refractivity contribution >= 4 is 33.5 Å². The Morgan fingerprint density at radius 3 is 3.17 bits per heavy atom. The van der Waals surface area contributed by atoms with E-state index in [1.54, 1.807) is 12.1 Å². The van der Waals surface area contributed by atoms with Gasteiger partial charge in [0.1, 0.15) is 6.10 Å². The minimum absolute atomic E-state index is 0.155. The second-order valence-corrected chi connectivity index (χ2v) is 6.11. The Morgan fingerprint density at radius 2 is 2.35 bits per heavy atom. The zero-order valence-corrected chi connectivity index (χ0v) is 12.8. The number of thiazole rings is 1. The standard InChI is InChI=1S/C15H13N3O4S/c19-13(12-2-1-5-21-12)18-14-16-10(7-23-14)8-3-4-11-9(6-8)17-15(20)22-11/h3-4,6-7,12H,1-2,5H2,(H,17,20)(H,16,18,19). The number of rotatable bonds is 3. The largest absolute Gasteiger partial charge is 0.417 e. The van der Waals surface area contributed by atoms with Gasteiger partial charge in [0.05, 0.1) is 11.2 Å². The van der Waals surface area contributed by atoms with E-state index >= 15 is 0 Å². The van der Waals surface area contributed by atoms with Crippen LogP contribution in [-0.2, 0) is 9.53 Å². The molecule has 0 radical (unpaired) electrons. The fraction of sp³-hybridized carbons (Fsp3) is 0.267. The zero-order valence-electron chi connectivity index (χ0n) is 12.0. The predicted molar refractivity (Wildman–Crippen MR) is 85.5 cm³/mol. The molecule has 23 heavy (non-hydrogen) atoms. The van der Waals surface area contributed by atoms with Crippen molar-refractivity contribution in [1.82, 2.24) is 9.97 Å². The molecular formula is C15H13N3O4S. The molecule has 3 aromatic rings. The molecule has 1 aliphatic rings. The number of benzene rings is 1. The molecule has 0 spiro atoms. The molecular weight excluding hydrogens is 318 g/mol. The number of ether oxygens (including phenoxy) is 1. The lowest BCUT2D eigenvalue weighted by molar-refractivity contribution is -0.124. The minimum Gasteiger partial charge on any atom is -0.408 e. The number of aromatic amines is 1. The molecule has 8 heteroatoms. The molecule has 1 aromatic carbocycles. The number of hydrogen-bond donors (Lipinski definition) is 2. The van der Waals surface area contributed by atoms with E-state index in [9.17, 15) is 9.59 Å². The van der Waals surface area contributed by atoms with Gasteiger partial charge >= 0.3 is 5.76 Å². The van der Waals surface area contributed by atoms with Crippen LogP contribution in [0.5, 0.6) is 0 Å². The molecule has 1 fully saturated rings. The molecule has 118 valence electrons. The van der Waals surface area contributed by atoms with Crippen molar-refractivity contribution in [1.29, 1.82) is 0 Å². The summed E-state index contributed by atoms with van der Waals surface area (Å²) < 4.78 is 10.3. The fourth-order valence-electron chi connectivity index (χ4n) is 2.55. The molecule has 1 saturated heterocycles. The van der Waals surface area contributed by atoms with Crippen LogP contribution in [0.3, 0.4) is 0 Å². The molecule has 1 aliphatic heterocycles. The summed E-state index contributed by atoms with van der Waals surface area (Å²) in [7, 11) is 0. The molecule has 1 amide bonds. The van der Waals surface area contributed by atoms with Gasteiger partial charge in [-0.05, 0) is 31.0 Å². The fourth-order valence-corrected chi connectivity index (χ4v) is 3.27. The van der Waals surface area contributed by atoms with E-state index in [2.05, 4.69) is 15.3 Å². The van der Waals surface area contributed by atoms with Gasteiger partial charge in [-0.15, -0.1) is 11.3 Å². The first-order chi connectivity index (χ1) is 11.2. The number of oxazole rings is 1. The van der Waals surface area contributed by atoms with Gasteiger partial charge < -0.3 is 9.15 Å². The van der Waals surface area contributed by atoms with Gasteiger partial charge in [0.15, 0.2) is 10.7 Å². The first kappa shape index (κ1) is 14.2. The summed E-state index contributed by atoms with van der Waals surface area (Å²) in [5.41, 5.74) is 2.68. The first-order valence-electron chi connectivity index (χ1n) is 7.20. The van der Waals surface area contributed by atoms with E-state index < -0.39 is 5.76 Å². The van der Waals surface area contributed by atoms with Gasteiger partial charge in [0.2, 0.25) is 0 Å². The third-order valence-electron chi connectivity index (χ3n) is 3.67. The van der Waals surface area contributed by atoms with Crippen LogP contribution in [0.1, 0.15) is 12.8 Å². The lowest BCUT2D eigenvalue weighted by Gasteiger charge is -2.07. The summed E-state index contributed by atoms with van der Waals surface area (Å²) in [6, 6.07) is 5.33. The molecule has 0 aliphatic carbocycles. The summed E-state index contributed by atoms with van der Waals surface area (Å²) in [6.07, 6.45) is 1.27. The van der Waals surface area contributed by atoms with Gasteiger partial charge in [0.25, 0.3) is 5.91 Å². The normalized spacial score (nSPS) is 17.7. The van der Waals surface area contributed by atoms with E-state index in [-0.39, 0.29) is 12.0 Å². The van der Waals surface area contributed by atoms with Crippen molar-refractivity contribution < 1.29 is 13.9 Å². The lowest BCUT2D eigenvalue weighted by Crippen LogP contribution is -2.26. The number of nitrogens with zero attached hydrogens (tertiary/aromatic N) is 1. The second kappa shape index (κ2) is 5.64. The van der Waals surface area contributed by atoms with Gasteiger partial charge in [-0.2, -0.15) is 0 Å². The number of amides is 1. The second-order valence-electron chi connectivity index (χ2n) is 5.25. The molecule has 1 atom stereocenters. The lowest BCUT2D eigenvalue weighted by atomic mass is 10.1. The van der Waals surface area contributed by atoms with Crippen molar-refractivity contribution in [2.75, 3.05) is 11.9 Å². The van der Waals surface area contributed by atoms with Gasteiger partial charge in [-0.3, -0.25) is 15.1 Å². The van der Waals surface area contributed by atoms with Crippen LogP contribution in [0.2, 0.25) is 0 Å². The van der Waals surface area contributed by atoms with Crippen LogP contribution in [0.4, 0.5) is 5.13 Å². The molecule has 2 N–H and O–H groups in total. The Balaban J connectivity index is 1.56. The van der Waals surface area contributed by atoms with Gasteiger partial charge in [-0.25, -0.2) is 9.78 Å². The van der Waals surface area contributed by atoms with E-state index in [0.717, 1.165) is 24.1 Å². The maximum Gasteiger partial charge on any atom is 0.417 e. The quantitative estimate of drug-likeness (QED) is 0.768. The summed E-state index contributed by atoms with van der Waals surface area (Å²) in [6.45, 7) is 0.629. The number of carbonyl (C=O) groups is 1. The van der Waals surface area contributed by atoms with E-state index in [0.29, 0.717) is 22.8 Å². The number of nitrogens with one attached hydrogen (secondary N) is 2. The average molecular weight is 331 g/mol. The monoisotopic (exact) mass is 331 g/mol. The molecule has 0 bridgehead atoms. The molecule has 3 heterocycles. The average Bonchev–Trinajstić information content (AvgIpc) is 3.26. The third kappa shape index (κ3) is 2.78. The minimum atomic E-state index is -0.486. The molecule has 7 nitrogen and oxygen atoms in total. The molecule has 0 saturated carbocycles. The smallest absolute Gasteiger partial charge is 0.408 e. The van der Waals surface area contributed by atoms with E-state index in [4.69, 9.17) is 9.15 Å². The van der Waals surface area contributed by atoms with Crippen LogP contribution >= 0.6 is 11.3 Å². The maximum atomic E-state index is 12.0. The zero-order chi connectivity index (χ0) is 15.8. The summed E-state index contributed by atoms with van der Waals surface area (Å²) in [4.78, 5) is 30.2. The highest BCUT2D eigenvalue weighted by atomic mass is 32.1.